The van der Waals surface area contributed by atoms with Crippen LogP contribution in [0.25, 0.3) is 0 Å². The minimum Gasteiger partial charge on any atom is -0.488 e. The minimum atomic E-state index is -0.607. The van der Waals surface area contributed by atoms with Crippen molar-refractivity contribution in [2.75, 3.05) is 5.32 Å². The zero-order valence-corrected chi connectivity index (χ0v) is 12.4. The Morgan fingerprint density at radius 3 is 2.43 bits per heavy atom. The molecule has 2 rings (SSSR count). The van der Waals surface area contributed by atoms with Gasteiger partial charge in [-0.2, -0.15) is 0 Å². The summed E-state index contributed by atoms with van der Waals surface area (Å²) in [4.78, 5) is 0. The molecule has 0 heterocycles. The van der Waals surface area contributed by atoms with Crippen LogP contribution in [-0.2, 0) is 6.54 Å². The predicted octanol–water partition coefficient (Wildman–Crippen LogP) is 4.75. The number of benzene rings is 2. The molecule has 1 N–H and O–H groups in total. The molecule has 4 heteroatoms. The van der Waals surface area contributed by atoms with E-state index in [0.29, 0.717) is 6.54 Å². The molecule has 0 aromatic heterocycles. The van der Waals surface area contributed by atoms with Crippen molar-refractivity contribution >= 4 is 5.69 Å². The topological polar surface area (TPSA) is 21.3 Å². The maximum atomic E-state index is 13.6. The monoisotopic (exact) mass is 291 g/mol. The summed E-state index contributed by atoms with van der Waals surface area (Å²) in [7, 11) is 0. The van der Waals surface area contributed by atoms with Crippen LogP contribution >= 0.6 is 0 Å². The van der Waals surface area contributed by atoms with Crippen molar-refractivity contribution in [3.63, 3.8) is 0 Å². The second kappa shape index (κ2) is 6.12. The van der Waals surface area contributed by atoms with Crippen LogP contribution < -0.4 is 10.1 Å². The van der Waals surface area contributed by atoms with E-state index >= 15 is 0 Å². The first-order valence-corrected chi connectivity index (χ1v) is 6.81. The molecule has 0 saturated carbocycles. The first-order chi connectivity index (χ1) is 9.85. The SMILES string of the molecule is CC(C)(C)Oc1ccccc1CNc1ccc(F)cc1F. The third kappa shape index (κ3) is 4.45. The summed E-state index contributed by atoms with van der Waals surface area (Å²) in [5, 5.41) is 2.96. The smallest absolute Gasteiger partial charge is 0.149 e. The van der Waals surface area contributed by atoms with Crippen LogP contribution in [0.5, 0.6) is 5.75 Å². The van der Waals surface area contributed by atoms with E-state index in [4.69, 9.17) is 4.74 Å². The number of ether oxygens (including phenoxy) is 1. The molecular weight excluding hydrogens is 272 g/mol. The molecule has 0 atom stereocenters. The molecule has 2 nitrogen and oxygen atoms in total. The quantitative estimate of drug-likeness (QED) is 0.877. The number of halogens is 2. The van der Waals surface area contributed by atoms with Gasteiger partial charge in [0.05, 0.1) is 5.69 Å². The van der Waals surface area contributed by atoms with Crippen molar-refractivity contribution in [2.24, 2.45) is 0 Å². The Kier molecular flexibility index (Phi) is 4.46. The third-order valence-electron chi connectivity index (χ3n) is 2.79. The first kappa shape index (κ1) is 15.3. The summed E-state index contributed by atoms with van der Waals surface area (Å²) in [6, 6.07) is 11.1. The number of hydrogen-bond donors (Lipinski definition) is 1. The zero-order chi connectivity index (χ0) is 15.5. The lowest BCUT2D eigenvalue weighted by atomic mass is 10.1. The number of rotatable bonds is 4. The van der Waals surface area contributed by atoms with E-state index < -0.39 is 11.6 Å². The van der Waals surface area contributed by atoms with Gasteiger partial charge in [0.25, 0.3) is 0 Å². The molecular formula is C17H19F2NO. The van der Waals surface area contributed by atoms with Gasteiger partial charge in [0.2, 0.25) is 0 Å². The van der Waals surface area contributed by atoms with Crippen molar-refractivity contribution in [3.8, 4) is 5.75 Å². The Hall–Kier alpha value is -2.10. The molecule has 112 valence electrons. The van der Waals surface area contributed by atoms with Gasteiger partial charge in [-0.3, -0.25) is 0 Å². The molecule has 2 aromatic carbocycles. The molecule has 21 heavy (non-hydrogen) atoms. The second-order valence-corrected chi connectivity index (χ2v) is 5.80. The summed E-state index contributed by atoms with van der Waals surface area (Å²) in [6.45, 7) is 6.30. The van der Waals surface area contributed by atoms with Gasteiger partial charge in [-0.1, -0.05) is 18.2 Å². The largest absolute Gasteiger partial charge is 0.488 e. The van der Waals surface area contributed by atoms with Crippen molar-refractivity contribution < 1.29 is 13.5 Å². The maximum absolute atomic E-state index is 13.6. The van der Waals surface area contributed by atoms with Gasteiger partial charge in [-0.15, -0.1) is 0 Å². The van der Waals surface area contributed by atoms with Gasteiger partial charge >= 0.3 is 0 Å². The number of hydrogen-bond acceptors (Lipinski definition) is 2. The fraction of sp³-hybridized carbons (Fsp3) is 0.294. The van der Waals surface area contributed by atoms with E-state index in [0.717, 1.165) is 17.4 Å². The zero-order valence-electron chi connectivity index (χ0n) is 12.4. The van der Waals surface area contributed by atoms with Gasteiger partial charge in [-0.25, -0.2) is 8.78 Å². The molecule has 0 aliphatic rings. The van der Waals surface area contributed by atoms with Gasteiger partial charge < -0.3 is 10.1 Å². The van der Waals surface area contributed by atoms with Crippen LogP contribution in [0.15, 0.2) is 42.5 Å². The van der Waals surface area contributed by atoms with Crippen molar-refractivity contribution in [3.05, 3.63) is 59.7 Å². The average Bonchev–Trinajstić information content (AvgIpc) is 2.37. The molecule has 0 unspecified atom stereocenters. The number of para-hydroxylation sites is 1. The maximum Gasteiger partial charge on any atom is 0.149 e. The number of anilines is 1. The van der Waals surface area contributed by atoms with Gasteiger partial charge in [-0.05, 0) is 39.0 Å². The van der Waals surface area contributed by atoms with Crippen molar-refractivity contribution in [2.45, 2.75) is 32.9 Å². The lowest BCUT2D eigenvalue weighted by Gasteiger charge is -2.23. The Morgan fingerprint density at radius 1 is 1.05 bits per heavy atom. The Bertz CT molecular complexity index is 620. The molecule has 0 aliphatic carbocycles. The van der Waals surface area contributed by atoms with Crippen molar-refractivity contribution in [1.82, 2.24) is 0 Å². The summed E-state index contributed by atoms with van der Waals surface area (Å²) < 4.78 is 32.3. The highest BCUT2D eigenvalue weighted by molar-refractivity contribution is 5.46. The van der Waals surface area contributed by atoms with E-state index in [9.17, 15) is 8.78 Å². The highest BCUT2D eigenvalue weighted by Gasteiger charge is 2.14. The van der Waals surface area contributed by atoms with E-state index in [-0.39, 0.29) is 11.3 Å². The number of nitrogens with one attached hydrogen (secondary N) is 1. The van der Waals surface area contributed by atoms with Gasteiger partial charge in [0, 0.05) is 18.2 Å². The minimum absolute atomic E-state index is 0.266. The van der Waals surface area contributed by atoms with Crippen LogP contribution in [0.3, 0.4) is 0 Å². The summed E-state index contributed by atoms with van der Waals surface area (Å²) in [5.74, 6) is -0.446. The lowest BCUT2D eigenvalue weighted by Crippen LogP contribution is -2.23. The Balaban J connectivity index is 2.13. The Labute approximate surface area is 123 Å². The van der Waals surface area contributed by atoms with Crippen LogP contribution in [-0.4, -0.2) is 5.60 Å². The van der Waals surface area contributed by atoms with E-state index in [2.05, 4.69) is 5.32 Å². The second-order valence-electron chi connectivity index (χ2n) is 5.80. The summed E-state index contributed by atoms with van der Waals surface area (Å²) in [5.41, 5.74) is 0.871. The van der Waals surface area contributed by atoms with Crippen LogP contribution in [0, 0.1) is 11.6 Å². The predicted molar refractivity (Wildman–Crippen MR) is 80.5 cm³/mol. The van der Waals surface area contributed by atoms with Gasteiger partial charge in [0.15, 0.2) is 0 Å². The van der Waals surface area contributed by atoms with E-state index in [1.54, 1.807) is 0 Å². The van der Waals surface area contributed by atoms with Crippen molar-refractivity contribution in [1.29, 1.82) is 0 Å². The van der Waals surface area contributed by atoms with Gasteiger partial charge in [0.1, 0.15) is 23.0 Å². The molecule has 0 saturated heterocycles. The molecule has 0 bridgehead atoms. The van der Waals surface area contributed by atoms with Crippen LogP contribution in [0.2, 0.25) is 0 Å². The van der Waals surface area contributed by atoms with Crippen LogP contribution in [0.1, 0.15) is 26.3 Å². The average molecular weight is 291 g/mol. The normalized spacial score (nSPS) is 11.3. The molecule has 0 fully saturated rings. The fourth-order valence-electron chi connectivity index (χ4n) is 1.90. The summed E-state index contributed by atoms with van der Waals surface area (Å²) >= 11 is 0. The molecule has 0 aliphatic heterocycles. The first-order valence-electron chi connectivity index (χ1n) is 6.81. The third-order valence-corrected chi connectivity index (χ3v) is 2.79. The van der Waals surface area contributed by atoms with E-state index in [1.807, 2.05) is 45.0 Å². The molecule has 2 aromatic rings. The highest BCUT2D eigenvalue weighted by atomic mass is 19.1. The fourth-order valence-corrected chi connectivity index (χ4v) is 1.90. The molecule has 0 spiro atoms. The molecule has 0 amide bonds. The Morgan fingerprint density at radius 2 is 1.76 bits per heavy atom. The van der Waals surface area contributed by atoms with E-state index in [1.165, 1.54) is 12.1 Å². The standard InChI is InChI=1S/C17H19F2NO/c1-17(2,3)21-16-7-5-4-6-12(16)11-20-15-9-8-13(18)10-14(15)19/h4-10,20H,11H2,1-3H3. The molecule has 0 radical (unpaired) electrons. The highest BCUT2D eigenvalue weighted by Crippen LogP contribution is 2.24. The lowest BCUT2D eigenvalue weighted by molar-refractivity contribution is 0.129. The summed E-state index contributed by atoms with van der Waals surface area (Å²) in [6.07, 6.45) is 0. The van der Waals surface area contributed by atoms with Crippen LogP contribution in [0.4, 0.5) is 14.5 Å².